The topological polar surface area (TPSA) is 89.8 Å². The number of esters is 1. The van der Waals surface area contributed by atoms with Gasteiger partial charge in [-0.05, 0) is 31.2 Å². The molecular weight excluding hydrogens is 378 g/mol. The van der Waals surface area contributed by atoms with Gasteiger partial charge in [-0.15, -0.1) is 11.3 Å². The normalized spacial score (nSPS) is 10.7. The van der Waals surface area contributed by atoms with Crippen LogP contribution in [0, 0.1) is 6.92 Å². The molecular formula is C17H14ClN3O4S. The number of nitrogens with one attached hydrogen (secondary N) is 1. The number of carbonyl (C=O) groups is 2. The number of ether oxygens (including phenoxy) is 1. The van der Waals surface area contributed by atoms with Crippen molar-refractivity contribution in [3.63, 3.8) is 0 Å². The molecule has 3 rings (SSSR count). The third kappa shape index (κ3) is 4.09. The molecule has 1 amide bonds. The lowest BCUT2D eigenvalue weighted by Gasteiger charge is -2.07. The van der Waals surface area contributed by atoms with Gasteiger partial charge in [-0.1, -0.05) is 11.6 Å². The van der Waals surface area contributed by atoms with Crippen molar-refractivity contribution >= 4 is 39.8 Å². The Morgan fingerprint density at radius 2 is 2.04 bits per heavy atom. The minimum absolute atomic E-state index is 0.141. The number of halogens is 1. The van der Waals surface area contributed by atoms with Gasteiger partial charge in [0.15, 0.2) is 4.96 Å². The fourth-order valence-electron chi connectivity index (χ4n) is 2.24. The summed E-state index contributed by atoms with van der Waals surface area (Å²) in [6.45, 7) is 1.38. The fraction of sp³-hybridized carbons (Fsp3) is 0.176. The van der Waals surface area contributed by atoms with Crippen molar-refractivity contribution < 1.29 is 14.3 Å². The van der Waals surface area contributed by atoms with Crippen LogP contribution in [0.25, 0.3) is 4.96 Å². The van der Waals surface area contributed by atoms with Crippen LogP contribution in [-0.2, 0) is 16.1 Å². The maximum absolute atomic E-state index is 12.0. The lowest BCUT2D eigenvalue weighted by atomic mass is 10.2. The molecule has 2 heterocycles. The lowest BCUT2D eigenvalue weighted by Crippen LogP contribution is -2.30. The summed E-state index contributed by atoms with van der Waals surface area (Å²) in [5, 5.41) is 4.80. The predicted molar refractivity (Wildman–Crippen MR) is 97.7 cm³/mol. The average Bonchev–Trinajstić information content (AvgIpc) is 3.00. The first-order valence-corrected chi connectivity index (χ1v) is 8.86. The van der Waals surface area contributed by atoms with Gasteiger partial charge in [0, 0.05) is 27.7 Å². The standard InChI is InChI=1S/C17H14ClN3O4S/c1-10-9-26-17-20-13(6-14(22)21(10)17)8-25-15(23)7-19-16(24)11-2-4-12(18)5-3-11/h2-6,9H,7-8H2,1H3,(H,19,24). The zero-order valence-electron chi connectivity index (χ0n) is 13.7. The van der Waals surface area contributed by atoms with Crippen LogP contribution in [0.2, 0.25) is 5.02 Å². The van der Waals surface area contributed by atoms with E-state index in [4.69, 9.17) is 16.3 Å². The van der Waals surface area contributed by atoms with Crippen molar-refractivity contribution in [3.8, 4) is 0 Å². The van der Waals surface area contributed by atoms with Gasteiger partial charge in [-0.2, -0.15) is 0 Å². The number of benzene rings is 1. The maximum atomic E-state index is 12.0. The summed E-state index contributed by atoms with van der Waals surface area (Å²) < 4.78 is 6.55. The first-order chi connectivity index (χ1) is 12.4. The number of aromatic nitrogens is 2. The van der Waals surface area contributed by atoms with Gasteiger partial charge in [0.1, 0.15) is 13.2 Å². The molecule has 3 aromatic rings. The summed E-state index contributed by atoms with van der Waals surface area (Å²) in [5.74, 6) is -1.04. The van der Waals surface area contributed by atoms with E-state index >= 15 is 0 Å². The Morgan fingerprint density at radius 3 is 2.77 bits per heavy atom. The van der Waals surface area contributed by atoms with Gasteiger partial charge >= 0.3 is 5.97 Å². The molecule has 0 saturated carbocycles. The van der Waals surface area contributed by atoms with E-state index in [1.165, 1.54) is 21.8 Å². The number of hydrogen-bond acceptors (Lipinski definition) is 6. The molecule has 0 fully saturated rings. The molecule has 134 valence electrons. The Balaban J connectivity index is 1.55. The molecule has 0 saturated heterocycles. The smallest absolute Gasteiger partial charge is 0.325 e. The average molecular weight is 392 g/mol. The lowest BCUT2D eigenvalue weighted by molar-refractivity contribution is -0.143. The van der Waals surface area contributed by atoms with Crippen molar-refractivity contribution in [1.82, 2.24) is 14.7 Å². The highest BCUT2D eigenvalue weighted by Crippen LogP contribution is 2.12. The highest BCUT2D eigenvalue weighted by Gasteiger charge is 2.11. The molecule has 0 aliphatic heterocycles. The zero-order valence-corrected chi connectivity index (χ0v) is 15.3. The molecule has 0 unspecified atom stereocenters. The van der Waals surface area contributed by atoms with E-state index in [1.807, 2.05) is 12.3 Å². The molecule has 7 nitrogen and oxygen atoms in total. The molecule has 26 heavy (non-hydrogen) atoms. The van der Waals surface area contributed by atoms with Crippen LogP contribution in [0.1, 0.15) is 21.7 Å². The third-order valence-corrected chi connectivity index (χ3v) is 4.70. The number of nitrogens with zero attached hydrogens (tertiary/aromatic N) is 2. The number of hydrogen-bond donors (Lipinski definition) is 1. The maximum Gasteiger partial charge on any atom is 0.325 e. The number of fused-ring (bicyclic) bond motifs is 1. The van der Waals surface area contributed by atoms with Crippen LogP contribution in [-0.4, -0.2) is 27.8 Å². The van der Waals surface area contributed by atoms with Gasteiger partial charge in [0.05, 0.1) is 5.69 Å². The summed E-state index contributed by atoms with van der Waals surface area (Å²) in [6, 6.07) is 7.60. The van der Waals surface area contributed by atoms with E-state index in [-0.39, 0.29) is 18.7 Å². The molecule has 1 aromatic carbocycles. The summed E-state index contributed by atoms with van der Waals surface area (Å²) in [7, 11) is 0. The van der Waals surface area contributed by atoms with Crippen molar-refractivity contribution in [1.29, 1.82) is 0 Å². The highest BCUT2D eigenvalue weighted by atomic mass is 35.5. The number of thiazole rings is 1. The molecule has 0 radical (unpaired) electrons. The monoisotopic (exact) mass is 391 g/mol. The Morgan fingerprint density at radius 1 is 1.31 bits per heavy atom. The number of aryl methyl sites for hydroxylation is 1. The number of rotatable bonds is 5. The van der Waals surface area contributed by atoms with E-state index < -0.39 is 11.9 Å². The van der Waals surface area contributed by atoms with E-state index in [9.17, 15) is 14.4 Å². The first-order valence-electron chi connectivity index (χ1n) is 7.60. The van der Waals surface area contributed by atoms with Crippen LogP contribution in [0.15, 0.2) is 40.5 Å². The molecule has 0 spiro atoms. The Kier molecular flexibility index (Phi) is 5.34. The van der Waals surface area contributed by atoms with Crippen molar-refractivity contribution in [2.45, 2.75) is 13.5 Å². The van der Waals surface area contributed by atoms with E-state index in [2.05, 4.69) is 10.3 Å². The Hall–Kier alpha value is -2.71. The summed E-state index contributed by atoms with van der Waals surface area (Å²) in [6.07, 6.45) is 0. The van der Waals surface area contributed by atoms with Crippen molar-refractivity contribution in [3.05, 3.63) is 68.0 Å². The van der Waals surface area contributed by atoms with Crippen LogP contribution in [0.3, 0.4) is 0 Å². The number of amides is 1. The summed E-state index contributed by atoms with van der Waals surface area (Å²) >= 11 is 7.09. The van der Waals surface area contributed by atoms with E-state index in [0.29, 0.717) is 21.2 Å². The molecule has 0 atom stereocenters. The Labute approximate surface area is 157 Å². The van der Waals surface area contributed by atoms with E-state index in [1.54, 1.807) is 24.3 Å². The molecule has 2 aromatic heterocycles. The second kappa shape index (κ2) is 7.67. The second-order valence-electron chi connectivity index (χ2n) is 5.43. The third-order valence-electron chi connectivity index (χ3n) is 3.51. The molecule has 0 aliphatic carbocycles. The van der Waals surface area contributed by atoms with Gasteiger partial charge in [0.25, 0.3) is 11.5 Å². The molecule has 9 heteroatoms. The Bertz CT molecular complexity index is 1030. The van der Waals surface area contributed by atoms with Gasteiger partial charge in [-0.3, -0.25) is 18.8 Å². The largest absolute Gasteiger partial charge is 0.458 e. The van der Waals surface area contributed by atoms with Crippen molar-refractivity contribution in [2.24, 2.45) is 0 Å². The van der Waals surface area contributed by atoms with Gasteiger partial charge < -0.3 is 10.1 Å². The van der Waals surface area contributed by atoms with Crippen molar-refractivity contribution in [2.75, 3.05) is 6.54 Å². The zero-order chi connectivity index (χ0) is 18.7. The SMILES string of the molecule is Cc1csc2nc(COC(=O)CNC(=O)c3ccc(Cl)cc3)cc(=O)n12. The summed E-state index contributed by atoms with van der Waals surface area (Å²) in [4.78, 5) is 40.6. The highest BCUT2D eigenvalue weighted by molar-refractivity contribution is 7.15. The van der Waals surface area contributed by atoms with Crippen LogP contribution < -0.4 is 10.9 Å². The van der Waals surface area contributed by atoms with Crippen LogP contribution >= 0.6 is 22.9 Å². The minimum Gasteiger partial charge on any atom is -0.458 e. The second-order valence-corrected chi connectivity index (χ2v) is 6.70. The van der Waals surface area contributed by atoms with Crippen LogP contribution in [0.4, 0.5) is 0 Å². The minimum atomic E-state index is -0.628. The predicted octanol–water partition coefficient (Wildman–Crippen LogP) is 2.19. The summed E-state index contributed by atoms with van der Waals surface area (Å²) in [5.41, 5.74) is 1.32. The molecule has 0 aliphatic rings. The quantitative estimate of drug-likeness (QED) is 0.673. The van der Waals surface area contributed by atoms with E-state index in [0.717, 1.165) is 5.69 Å². The van der Waals surface area contributed by atoms with Crippen LogP contribution in [0.5, 0.6) is 0 Å². The molecule has 0 bridgehead atoms. The van der Waals surface area contributed by atoms with Gasteiger partial charge in [-0.25, -0.2) is 4.98 Å². The fourth-order valence-corrected chi connectivity index (χ4v) is 3.25. The molecule has 1 N–H and O–H groups in total. The number of carbonyl (C=O) groups excluding carboxylic acids is 2. The van der Waals surface area contributed by atoms with Gasteiger partial charge in [0.2, 0.25) is 0 Å². The first kappa shape index (κ1) is 18.1.